The molecule has 1 aliphatic rings. The van der Waals surface area contributed by atoms with Gasteiger partial charge in [0.1, 0.15) is 0 Å². The maximum Gasteiger partial charge on any atom is 0.0960 e. The molecule has 1 rings (SSSR count). The van der Waals surface area contributed by atoms with Gasteiger partial charge in [-0.15, -0.1) is 0 Å². The predicted octanol–water partition coefficient (Wildman–Crippen LogP) is 1.98. The number of rotatable bonds is 6. The van der Waals surface area contributed by atoms with Crippen molar-refractivity contribution >= 4 is 6.21 Å². The second-order valence-corrected chi connectivity index (χ2v) is 5.16. The Morgan fingerprint density at radius 3 is 2.65 bits per heavy atom. The topological polar surface area (TPSA) is 24.4 Å². The van der Waals surface area contributed by atoms with Crippen LogP contribution in [0.15, 0.2) is 28.9 Å². The number of hydrogen-bond donors (Lipinski definition) is 1. The highest BCUT2D eigenvalue weighted by atomic mass is 15.3. The average molecular weight is 236 g/mol. The van der Waals surface area contributed by atoms with Crippen molar-refractivity contribution in [2.75, 3.05) is 40.3 Å². The molecule has 3 nitrogen and oxygen atoms in total. The third kappa shape index (κ3) is 4.73. The van der Waals surface area contributed by atoms with E-state index in [0.29, 0.717) is 0 Å². The zero-order valence-corrected chi connectivity index (χ0v) is 11.5. The molecule has 1 fully saturated rings. The van der Waals surface area contributed by atoms with Crippen molar-refractivity contribution in [1.82, 2.24) is 5.32 Å². The number of quaternary nitrogens is 1. The standard InChI is InChI=1S/C14H26N3/c1-13(7-8-15-3)14(2)16-9-12-17(4)10-5-6-11-17/h7-8,16H,2,5-6,9-12H2,1,3-4H3/q+1. The van der Waals surface area contributed by atoms with Crippen LogP contribution in [0.3, 0.4) is 0 Å². The molecule has 0 radical (unpaired) electrons. The summed E-state index contributed by atoms with van der Waals surface area (Å²) in [5.41, 5.74) is 2.16. The van der Waals surface area contributed by atoms with Crippen LogP contribution in [-0.4, -0.2) is 51.0 Å². The van der Waals surface area contributed by atoms with Gasteiger partial charge in [0.2, 0.25) is 0 Å². The van der Waals surface area contributed by atoms with Gasteiger partial charge in [-0.2, -0.15) is 0 Å². The van der Waals surface area contributed by atoms with Crippen molar-refractivity contribution < 1.29 is 4.48 Å². The summed E-state index contributed by atoms with van der Waals surface area (Å²) in [7, 11) is 4.13. The molecule has 1 N–H and O–H groups in total. The molecule has 0 bridgehead atoms. The molecule has 17 heavy (non-hydrogen) atoms. The Bertz CT molecular complexity index is 309. The second-order valence-electron chi connectivity index (χ2n) is 5.16. The molecule has 3 heteroatoms. The summed E-state index contributed by atoms with van der Waals surface area (Å²) in [5.74, 6) is 0. The van der Waals surface area contributed by atoms with Gasteiger partial charge >= 0.3 is 0 Å². The third-order valence-electron chi connectivity index (χ3n) is 3.59. The minimum absolute atomic E-state index is 1.00. The molecule has 1 saturated heterocycles. The summed E-state index contributed by atoms with van der Waals surface area (Å²) in [6, 6.07) is 0. The molecule has 0 atom stereocenters. The Hall–Kier alpha value is -1.09. The molecule has 0 aromatic carbocycles. The quantitative estimate of drug-likeness (QED) is 0.426. The Kier molecular flexibility index (Phi) is 5.42. The fourth-order valence-corrected chi connectivity index (χ4v) is 2.23. The number of likely N-dealkylation sites (N-methyl/N-ethyl adjacent to an activating group) is 1. The normalized spacial score (nSPS) is 19.8. The lowest BCUT2D eigenvalue weighted by atomic mass is 10.2. The van der Waals surface area contributed by atoms with E-state index in [9.17, 15) is 0 Å². The summed E-state index contributed by atoms with van der Waals surface area (Å²) in [4.78, 5) is 3.94. The Morgan fingerprint density at radius 1 is 1.41 bits per heavy atom. The van der Waals surface area contributed by atoms with E-state index < -0.39 is 0 Å². The van der Waals surface area contributed by atoms with Gasteiger partial charge in [0.05, 0.1) is 33.2 Å². The van der Waals surface area contributed by atoms with Crippen LogP contribution in [0.4, 0.5) is 0 Å². The highest BCUT2D eigenvalue weighted by Crippen LogP contribution is 2.15. The van der Waals surface area contributed by atoms with Crippen LogP contribution >= 0.6 is 0 Å². The molecule has 96 valence electrons. The molecule has 0 spiro atoms. The van der Waals surface area contributed by atoms with Crippen molar-refractivity contribution in [3.8, 4) is 0 Å². The van der Waals surface area contributed by atoms with Gasteiger partial charge in [0.25, 0.3) is 0 Å². The maximum atomic E-state index is 4.05. The number of allylic oxidation sites excluding steroid dienone is 2. The second kappa shape index (κ2) is 6.60. The van der Waals surface area contributed by atoms with E-state index in [1.807, 2.05) is 6.08 Å². The molecule has 0 aromatic heterocycles. The molecule has 0 aromatic rings. The minimum atomic E-state index is 1.00. The summed E-state index contributed by atoms with van der Waals surface area (Å²) in [5, 5.41) is 3.40. The van der Waals surface area contributed by atoms with E-state index >= 15 is 0 Å². The fraction of sp³-hybridized carbons (Fsp3) is 0.643. The molecule has 1 heterocycles. The summed E-state index contributed by atoms with van der Waals surface area (Å²) in [6.07, 6.45) is 6.55. The van der Waals surface area contributed by atoms with Gasteiger partial charge in [-0.25, -0.2) is 0 Å². The van der Waals surface area contributed by atoms with E-state index in [0.717, 1.165) is 17.8 Å². The van der Waals surface area contributed by atoms with Crippen LogP contribution in [0.25, 0.3) is 0 Å². The Morgan fingerprint density at radius 2 is 2.06 bits per heavy atom. The fourth-order valence-electron chi connectivity index (χ4n) is 2.23. The van der Waals surface area contributed by atoms with Gasteiger partial charge in [0, 0.05) is 31.8 Å². The minimum Gasteiger partial charge on any atom is -0.380 e. The SMILES string of the molecule is C=C(NCC[N+]1(C)CCCC1)C(C)=CC=NC. The van der Waals surface area contributed by atoms with Crippen LogP contribution < -0.4 is 5.32 Å². The van der Waals surface area contributed by atoms with Gasteiger partial charge in [0.15, 0.2) is 0 Å². The number of likely N-dealkylation sites (tertiary alicyclic amines) is 1. The monoisotopic (exact) mass is 236 g/mol. The van der Waals surface area contributed by atoms with Crippen molar-refractivity contribution in [1.29, 1.82) is 0 Å². The van der Waals surface area contributed by atoms with Crippen molar-refractivity contribution in [3.05, 3.63) is 23.9 Å². The van der Waals surface area contributed by atoms with E-state index in [4.69, 9.17) is 0 Å². The largest absolute Gasteiger partial charge is 0.380 e. The van der Waals surface area contributed by atoms with Crippen LogP contribution in [0, 0.1) is 0 Å². The molecular formula is C14H26N3+. The van der Waals surface area contributed by atoms with Gasteiger partial charge < -0.3 is 9.80 Å². The number of nitrogens with zero attached hydrogens (tertiary/aromatic N) is 2. The third-order valence-corrected chi connectivity index (χ3v) is 3.59. The highest BCUT2D eigenvalue weighted by molar-refractivity contribution is 5.73. The first-order chi connectivity index (χ1) is 8.07. The van der Waals surface area contributed by atoms with Crippen LogP contribution in [0.5, 0.6) is 0 Å². The van der Waals surface area contributed by atoms with Crippen molar-refractivity contribution in [3.63, 3.8) is 0 Å². The molecule has 0 amide bonds. The summed E-state index contributed by atoms with van der Waals surface area (Å²) >= 11 is 0. The smallest absolute Gasteiger partial charge is 0.0960 e. The van der Waals surface area contributed by atoms with Crippen LogP contribution in [0.2, 0.25) is 0 Å². The van der Waals surface area contributed by atoms with E-state index in [-0.39, 0.29) is 0 Å². The summed E-state index contributed by atoms with van der Waals surface area (Å²) in [6.45, 7) is 10.9. The van der Waals surface area contributed by atoms with E-state index in [1.165, 1.54) is 37.0 Å². The average Bonchev–Trinajstić information content (AvgIpc) is 2.73. The first-order valence-corrected chi connectivity index (χ1v) is 6.43. The lowest BCUT2D eigenvalue weighted by Crippen LogP contribution is -2.45. The number of hydrogen-bond acceptors (Lipinski definition) is 2. The van der Waals surface area contributed by atoms with Crippen LogP contribution in [0.1, 0.15) is 19.8 Å². The number of nitrogens with one attached hydrogen (secondary N) is 1. The molecule has 0 unspecified atom stereocenters. The lowest BCUT2D eigenvalue weighted by Gasteiger charge is -2.29. The Balaban J connectivity index is 2.28. The molecule has 0 aliphatic carbocycles. The Labute approximate surface area is 106 Å². The van der Waals surface area contributed by atoms with Gasteiger partial charge in [-0.1, -0.05) is 6.58 Å². The van der Waals surface area contributed by atoms with E-state index in [1.54, 1.807) is 13.3 Å². The lowest BCUT2D eigenvalue weighted by molar-refractivity contribution is -0.896. The zero-order valence-electron chi connectivity index (χ0n) is 11.5. The first kappa shape index (κ1) is 14.0. The molecule has 0 saturated carbocycles. The van der Waals surface area contributed by atoms with Crippen molar-refractivity contribution in [2.45, 2.75) is 19.8 Å². The summed E-state index contributed by atoms with van der Waals surface area (Å²) < 4.78 is 1.21. The van der Waals surface area contributed by atoms with Crippen LogP contribution in [-0.2, 0) is 0 Å². The number of aliphatic imine (C=N–C) groups is 1. The zero-order chi connectivity index (χ0) is 12.7. The van der Waals surface area contributed by atoms with Crippen molar-refractivity contribution in [2.24, 2.45) is 4.99 Å². The van der Waals surface area contributed by atoms with Gasteiger partial charge in [-0.05, 0) is 18.6 Å². The highest BCUT2D eigenvalue weighted by Gasteiger charge is 2.25. The molecule has 1 aliphatic heterocycles. The van der Waals surface area contributed by atoms with Gasteiger partial charge in [-0.3, -0.25) is 4.99 Å². The first-order valence-electron chi connectivity index (χ1n) is 6.43. The maximum absolute atomic E-state index is 4.05. The van der Waals surface area contributed by atoms with E-state index in [2.05, 4.69) is 30.9 Å². The molecular weight excluding hydrogens is 210 g/mol. The predicted molar refractivity (Wildman–Crippen MR) is 75.3 cm³/mol.